The van der Waals surface area contributed by atoms with Crippen molar-refractivity contribution >= 4 is 0 Å². The van der Waals surface area contributed by atoms with Crippen LogP contribution in [0.25, 0.3) is 0 Å². The Morgan fingerprint density at radius 1 is 1.27 bits per heavy atom. The van der Waals surface area contributed by atoms with Crippen LogP contribution >= 0.6 is 0 Å². The van der Waals surface area contributed by atoms with Crippen LogP contribution in [0.2, 0.25) is 0 Å². The van der Waals surface area contributed by atoms with Gasteiger partial charge in [-0.25, -0.2) is 0 Å². The molecular formula is C12H17NO2. The highest BCUT2D eigenvalue weighted by Crippen LogP contribution is 2.20. The molecule has 3 heteroatoms. The molecule has 2 rings (SSSR count). The SMILES string of the molecule is C[C@H]1[C@H](O)[C@@H](O)CN1Cc1ccccc1. The fraction of sp³-hybridized carbons (Fsp3) is 0.500. The summed E-state index contributed by atoms with van der Waals surface area (Å²) in [6.07, 6.45) is -1.22. The van der Waals surface area contributed by atoms with Gasteiger partial charge < -0.3 is 10.2 Å². The van der Waals surface area contributed by atoms with Crippen molar-refractivity contribution in [2.45, 2.75) is 31.7 Å². The zero-order valence-electron chi connectivity index (χ0n) is 8.87. The molecule has 0 amide bonds. The Hall–Kier alpha value is -0.900. The van der Waals surface area contributed by atoms with Crippen LogP contribution in [0.5, 0.6) is 0 Å². The molecule has 15 heavy (non-hydrogen) atoms. The second-order valence-corrected chi connectivity index (χ2v) is 4.21. The largest absolute Gasteiger partial charge is 0.389 e. The van der Waals surface area contributed by atoms with Crippen LogP contribution in [-0.2, 0) is 6.54 Å². The summed E-state index contributed by atoms with van der Waals surface area (Å²) in [5.74, 6) is 0. The van der Waals surface area contributed by atoms with E-state index < -0.39 is 12.2 Å². The fourth-order valence-corrected chi connectivity index (χ4v) is 2.08. The van der Waals surface area contributed by atoms with Gasteiger partial charge in [-0.05, 0) is 12.5 Å². The first kappa shape index (κ1) is 10.6. The summed E-state index contributed by atoms with van der Waals surface area (Å²) in [5.41, 5.74) is 1.21. The number of rotatable bonds is 2. The summed E-state index contributed by atoms with van der Waals surface area (Å²) in [5, 5.41) is 19.1. The summed E-state index contributed by atoms with van der Waals surface area (Å²) in [7, 11) is 0. The molecule has 1 aliphatic rings. The molecule has 1 aliphatic heterocycles. The molecule has 1 fully saturated rings. The van der Waals surface area contributed by atoms with Gasteiger partial charge in [0.2, 0.25) is 0 Å². The standard InChI is InChI=1S/C12H17NO2/c1-9-12(15)11(14)8-13(9)7-10-5-3-2-4-6-10/h2-6,9,11-12,14-15H,7-8H2,1H3/t9-,11-,12-/m0/s1. The average molecular weight is 207 g/mol. The molecule has 0 bridgehead atoms. The number of hydrogen-bond donors (Lipinski definition) is 2. The van der Waals surface area contributed by atoms with E-state index in [0.29, 0.717) is 6.54 Å². The molecule has 0 radical (unpaired) electrons. The smallest absolute Gasteiger partial charge is 0.0963 e. The lowest BCUT2D eigenvalue weighted by Gasteiger charge is -2.21. The van der Waals surface area contributed by atoms with Crippen molar-refractivity contribution in [1.82, 2.24) is 4.90 Å². The molecule has 3 nitrogen and oxygen atoms in total. The van der Waals surface area contributed by atoms with Gasteiger partial charge in [-0.1, -0.05) is 30.3 Å². The maximum Gasteiger partial charge on any atom is 0.0963 e. The van der Waals surface area contributed by atoms with E-state index in [1.165, 1.54) is 5.56 Å². The molecule has 1 aromatic rings. The van der Waals surface area contributed by atoms with Crippen molar-refractivity contribution in [3.63, 3.8) is 0 Å². The predicted octanol–water partition coefficient (Wildman–Crippen LogP) is 0.612. The Labute approximate surface area is 90.0 Å². The number of β-amino-alcohol motifs (C(OH)–C–C–N with tert-alkyl or cyclic N) is 1. The lowest BCUT2D eigenvalue weighted by atomic mass is 10.1. The third-order valence-electron chi connectivity index (χ3n) is 3.11. The molecule has 0 aromatic heterocycles. The molecule has 3 atom stereocenters. The number of aliphatic hydroxyl groups excluding tert-OH is 2. The van der Waals surface area contributed by atoms with Crippen molar-refractivity contribution in [3.05, 3.63) is 35.9 Å². The van der Waals surface area contributed by atoms with Gasteiger partial charge in [0.1, 0.15) is 0 Å². The van der Waals surface area contributed by atoms with Crippen LogP contribution in [0.1, 0.15) is 12.5 Å². The first-order chi connectivity index (χ1) is 7.18. The zero-order valence-corrected chi connectivity index (χ0v) is 8.87. The van der Waals surface area contributed by atoms with Gasteiger partial charge >= 0.3 is 0 Å². The summed E-state index contributed by atoms with van der Waals surface area (Å²) in [6, 6.07) is 10.1. The van der Waals surface area contributed by atoms with Crippen molar-refractivity contribution in [2.75, 3.05) is 6.54 Å². The highest BCUT2D eigenvalue weighted by atomic mass is 16.3. The van der Waals surface area contributed by atoms with E-state index in [-0.39, 0.29) is 6.04 Å². The summed E-state index contributed by atoms with van der Waals surface area (Å²) < 4.78 is 0. The second kappa shape index (κ2) is 4.31. The highest BCUT2D eigenvalue weighted by Gasteiger charge is 2.36. The normalized spacial score (nSPS) is 32.1. The summed E-state index contributed by atoms with van der Waals surface area (Å²) in [6.45, 7) is 3.29. The van der Waals surface area contributed by atoms with Crippen molar-refractivity contribution in [3.8, 4) is 0 Å². The Morgan fingerprint density at radius 3 is 2.47 bits per heavy atom. The second-order valence-electron chi connectivity index (χ2n) is 4.21. The van der Waals surface area contributed by atoms with Crippen LogP contribution in [0.3, 0.4) is 0 Å². The molecule has 0 aliphatic carbocycles. The highest BCUT2D eigenvalue weighted by molar-refractivity contribution is 5.15. The van der Waals surface area contributed by atoms with Crippen molar-refractivity contribution in [2.24, 2.45) is 0 Å². The average Bonchev–Trinajstić information content (AvgIpc) is 2.48. The van der Waals surface area contributed by atoms with Gasteiger partial charge in [0.05, 0.1) is 12.2 Å². The molecule has 2 N–H and O–H groups in total. The van der Waals surface area contributed by atoms with Crippen molar-refractivity contribution < 1.29 is 10.2 Å². The molecule has 0 spiro atoms. The Balaban J connectivity index is 2.02. The van der Waals surface area contributed by atoms with Crippen LogP contribution in [-0.4, -0.2) is 39.9 Å². The molecule has 0 saturated carbocycles. The minimum absolute atomic E-state index is 0.0280. The number of benzene rings is 1. The molecule has 1 heterocycles. The number of aliphatic hydroxyl groups is 2. The Bertz CT molecular complexity index is 315. The van der Waals surface area contributed by atoms with E-state index >= 15 is 0 Å². The monoisotopic (exact) mass is 207 g/mol. The van der Waals surface area contributed by atoms with E-state index in [9.17, 15) is 10.2 Å². The Morgan fingerprint density at radius 2 is 1.93 bits per heavy atom. The summed E-state index contributed by atoms with van der Waals surface area (Å²) >= 11 is 0. The maximum absolute atomic E-state index is 9.62. The summed E-state index contributed by atoms with van der Waals surface area (Å²) in [4.78, 5) is 2.10. The maximum atomic E-state index is 9.62. The minimum Gasteiger partial charge on any atom is -0.389 e. The molecular weight excluding hydrogens is 190 g/mol. The van der Waals surface area contributed by atoms with E-state index in [2.05, 4.69) is 17.0 Å². The number of nitrogens with zero attached hydrogens (tertiary/aromatic N) is 1. The minimum atomic E-state index is -0.617. The first-order valence-corrected chi connectivity index (χ1v) is 5.32. The predicted molar refractivity (Wildman–Crippen MR) is 58.3 cm³/mol. The lowest BCUT2D eigenvalue weighted by Crippen LogP contribution is -2.32. The van der Waals surface area contributed by atoms with E-state index in [0.717, 1.165) is 6.54 Å². The fourth-order valence-electron chi connectivity index (χ4n) is 2.08. The third kappa shape index (κ3) is 2.20. The quantitative estimate of drug-likeness (QED) is 0.747. The third-order valence-corrected chi connectivity index (χ3v) is 3.11. The van der Waals surface area contributed by atoms with Crippen LogP contribution in [0, 0.1) is 0 Å². The van der Waals surface area contributed by atoms with Crippen LogP contribution < -0.4 is 0 Å². The van der Waals surface area contributed by atoms with Gasteiger partial charge in [-0.15, -0.1) is 0 Å². The van der Waals surface area contributed by atoms with E-state index in [4.69, 9.17) is 0 Å². The number of likely N-dealkylation sites (tertiary alicyclic amines) is 1. The van der Waals surface area contributed by atoms with Gasteiger partial charge in [0, 0.05) is 19.1 Å². The van der Waals surface area contributed by atoms with E-state index in [1.54, 1.807) is 0 Å². The first-order valence-electron chi connectivity index (χ1n) is 5.32. The van der Waals surface area contributed by atoms with Crippen LogP contribution in [0.4, 0.5) is 0 Å². The van der Waals surface area contributed by atoms with Crippen molar-refractivity contribution in [1.29, 1.82) is 0 Å². The van der Waals surface area contributed by atoms with Gasteiger partial charge in [-0.3, -0.25) is 4.90 Å². The zero-order chi connectivity index (χ0) is 10.8. The molecule has 1 aromatic carbocycles. The van der Waals surface area contributed by atoms with Gasteiger partial charge in [0.25, 0.3) is 0 Å². The molecule has 0 unspecified atom stereocenters. The van der Waals surface area contributed by atoms with Gasteiger partial charge in [0.15, 0.2) is 0 Å². The van der Waals surface area contributed by atoms with E-state index in [1.807, 2.05) is 25.1 Å². The molecule has 82 valence electrons. The molecule has 1 saturated heterocycles. The number of hydrogen-bond acceptors (Lipinski definition) is 3. The van der Waals surface area contributed by atoms with Crippen LogP contribution in [0.15, 0.2) is 30.3 Å². The lowest BCUT2D eigenvalue weighted by molar-refractivity contribution is 0.0413. The Kier molecular flexibility index (Phi) is 3.05. The van der Waals surface area contributed by atoms with Gasteiger partial charge in [-0.2, -0.15) is 0 Å². The topological polar surface area (TPSA) is 43.7 Å².